The van der Waals surface area contributed by atoms with Crippen LogP contribution in [0.3, 0.4) is 0 Å². The summed E-state index contributed by atoms with van der Waals surface area (Å²) >= 11 is 0. The number of imide groups is 1. The highest BCUT2D eigenvalue weighted by atomic mass is 16.2. The van der Waals surface area contributed by atoms with Gasteiger partial charge in [0.1, 0.15) is 0 Å². The van der Waals surface area contributed by atoms with Crippen LogP contribution in [0.15, 0.2) is 30.3 Å². The van der Waals surface area contributed by atoms with Crippen LogP contribution >= 0.6 is 0 Å². The first-order chi connectivity index (χ1) is 8.23. The van der Waals surface area contributed by atoms with E-state index in [4.69, 9.17) is 0 Å². The molecule has 1 N–H and O–H groups in total. The molecule has 3 amide bonds. The average molecular weight is 230 g/mol. The van der Waals surface area contributed by atoms with E-state index < -0.39 is 0 Å². The lowest BCUT2D eigenvalue weighted by Gasteiger charge is -2.46. The molecular formula is C13H14N2O2. The maximum atomic E-state index is 12.4. The van der Waals surface area contributed by atoms with Crippen molar-refractivity contribution in [3.8, 4) is 0 Å². The molecule has 4 heteroatoms. The molecule has 17 heavy (non-hydrogen) atoms. The zero-order chi connectivity index (χ0) is 11.9. The molecule has 0 aromatic heterocycles. The molecule has 1 aliphatic heterocycles. The molecule has 3 rings (SSSR count). The quantitative estimate of drug-likeness (QED) is 0.801. The lowest BCUT2D eigenvalue weighted by Crippen LogP contribution is -2.63. The van der Waals surface area contributed by atoms with E-state index >= 15 is 0 Å². The largest absolute Gasteiger partial charge is 0.336 e. The van der Waals surface area contributed by atoms with Gasteiger partial charge in [-0.25, -0.2) is 9.69 Å². The predicted molar refractivity (Wildman–Crippen MR) is 63.6 cm³/mol. The molecule has 1 aromatic rings. The van der Waals surface area contributed by atoms with Crippen molar-refractivity contribution in [1.82, 2.24) is 5.32 Å². The Morgan fingerprint density at radius 2 is 1.82 bits per heavy atom. The van der Waals surface area contributed by atoms with E-state index in [1.54, 1.807) is 12.1 Å². The number of nitrogens with one attached hydrogen (secondary N) is 1. The maximum Gasteiger partial charge on any atom is 0.328 e. The van der Waals surface area contributed by atoms with E-state index in [2.05, 4.69) is 5.32 Å². The number of para-hydroxylation sites is 1. The summed E-state index contributed by atoms with van der Waals surface area (Å²) in [6.45, 7) is 0.494. The molecule has 2 aliphatic rings. The van der Waals surface area contributed by atoms with Crippen LogP contribution in [0.4, 0.5) is 10.5 Å². The van der Waals surface area contributed by atoms with Gasteiger partial charge >= 0.3 is 6.03 Å². The molecule has 1 saturated heterocycles. The van der Waals surface area contributed by atoms with Crippen molar-refractivity contribution in [3.05, 3.63) is 30.3 Å². The van der Waals surface area contributed by atoms with E-state index in [1.165, 1.54) is 4.90 Å². The predicted octanol–water partition coefficient (Wildman–Crippen LogP) is 1.91. The molecule has 88 valence electrons. The molecule has 0 bridgehead atoms. The van der Waals surface area contributed by atoms with Crippen LogP contribution < -0.4 is 10.2 Å². The van der Waals surface area contributed by atoms with E-state index in [0.717, 1.165) is 19.3 Å². The van der Waals surface area contributed by atoms with Crippen LogP contribution in [0.1, 0.15) is 19.3 Å². The smallest absolute Gasteiger partial charge is 0.328 e. The number of amides is 3. The second-order valence-electron chi connectivity index (χ2n) is 4.77. The molecule has 1 spiro atoms. The van der Waals surface area contributed by atoms with Gasteiger partial charge in [-0.1, -0.05) is 24.6 Å². The summed E-state index contributed by atoms with van der Waals surface area (Å²) in [6.07, 6.45) is 2.84. The number of anilines is 1. The zero-order valence-corrected chi connectivity index (χ0v) is 9.48. The molecule has 0 radical (unpaired) electrons. The van der Waals surface area contributed by atoms with Crippen LogP contribution in [-0.4, -0.2) is 18.5 Å². The number of carbonyl (C=O) groups excluding carboxylic acids is 2. The Balaban J connectivity index is 1.96. The molecule has 1 saturated carbocycles. The Kier molecular flexibility index (Phi) is 2.18. The molecule has 0 atom stereocenters. The number of benzene rings is 1. The molecule has 0 unspecified atom stereocenters. The van der Waals surface area contributed by atoms with Crippen LogP contribution in [0.25, 0.3) is 0 Å². The number of nitrogens with zero attached hydrogens (tertiary/aromatic N) is 1. The first-order valence-electron chi connectivity index (χ1n) is 5.90. The highest BCUT2D eigenvalue weighted by molar-refractivity contribution is 6.18. The molecule has 2 fully saturated rings. The van der Waals surface area contributed by atoms with Crippen molar-refractivity contribution in [3.63, 3.8) is 0 Å². The van der Waals surface area contributed by atoms with Crippen LogP contribution in [-0.2, 0) is 4.79 Å². The first kappa shape index (κ1) is 10.3. The van der Waals surface area contributed by atoms with Gasteiger partial charge in [0.2, 0.25) is 5.91 Å². The fourth-order valence-electron chi connectivity index (χ4n) is 2.53. The summed E-state index contributed by atoms with van der Waals surface area (Å²) < 4.78 is 0. The standard InChI is InChI=1S/C13H14N2O2/c16-11-13(7-4-8-13)9-14-12(17)15(11)10-5-2-1-3-6-10/h1-3,5-6H,4,7-9H2,(H,14,17). The number of urea groups is 1. The second-order valence-corrected chi connectivity index (χ2v) is 4.77. The average Bonchev–Trinajstić information content (AvgIpc) is 2.29. The minimum atomic E-state index is -0.330. The van der Waals surface area contributed by atoms with Crippen molar-refractivity contribution in [2.24, 2.45) is 5.41 Å². The molecule has 1 aromatic carbocycles. The fraction of sp³-hybridized carbons (Fsp3) is 0.385. The number of hydrogen-bond donors (Lipinski definition) is 1. The van der Waals surface area contributed by atoms with E-state index in [-0.39, 0.29) is 17.4 Å². The zero-order valence-electron chi connectivity index (χ0n) is 9.48. The Bertz CT molecular complexity index is 466. The van der Waals surface area contributed by atoms with Gasteiger partial charge in [0.25, 0.3) is 0 Å². The van der Waals surface area contributed by atoms with Gasteiger partial charge in [-0.2, -0.15) is 0 Å². The summed E-state index contributed by atoms with van der Waals surface area (Å²) in [4.78, 5) is 25.5. The van der Waals surface area contributed by atoms with Crippen molar-refractivity contribution in [2.75, 3.05) is 11.4 Å². The third-order valence-corrected chi connectivity index (χ3v) is 3.76. The Hall–Kier alpha value is -1.84. The van der Waals surface area contributed by atoms with Crippen LogP contribution in [0.2, 0.25) is 0 Å². The monoisotopic (exact) mass is 230 g/mol. The van der Waals surface area contributed by atoms with Gasteiger partial charge in [-0.3, -0.25) is 4.79 Å². The van der Waals surface area contributed by atoms with Crippen LogP contribution in [0, 0.1) is 5.41 Å². The van der Waals surface area contributed by atoms with E-state index in [9.17, 15) is 9.59 Å². The highest BCUT2D eigenvalue weighted by Gasteiger charge is 2.51. The lowest BCUT2D eigenvalue weighted by atomic mass is 9.67. The Morgan fingerprint density at radius 1 is 1.12 bits per heavy atom. The molecule has 4 nitrogen and oxygen atoms in total. The fourth-order valence-corrected chi connectivity index (χ4v) is 2.53. The SMILES string of the molecule is O=C1NCC2(CCC2)C(=O)N1c1ccccc1. The van der Waals surface area contributed by atoms with Gasteiger partial charge in [-0.15, -0.1) is 0 Å². The van der Waals surface area contributed by atoms with Crippen molar-refractivity contribution >= 4 is 17.6 Å². The molecule has 1 heterocycles. The minimum absolute atomic E-state index is 0.0429. The number of carbonyl (C=O) groups is 2. The Labute approximate surface area is 99.6 Å². The summed E-state index contributed by atoms with van der Waals surface area (Å²) in [7, 11) is 0. The van der Waals surface area contributed by atoms with E-state index in [0.29, 0.717) is 12.2 Å². The third kappa shape index (κ3) is 1.44. The normalized spacial score (nSPS) is 22.2. The first-order valence-corrected chi connectivity index (χ1v) is 5.90. The highest BCUT2D eigenvalue weighted by Crippen LogP contribution is 2.44. The maximum absolute atomic E-state index is 12.4. The van der Waals surface area contributed by atoms with Crippen LogP contribution in [0.5, 0.6) is 0 Å². The van der Waals surface area contributed by atoms with Crippen molar-refractivity contribution in [2.45, 2.75) is 19.3 Å². The van der Waals surface area contributed by atoms with Gasteiger partial charge in [0.05, 0.1) is 11.1 Å². The summed E-state index contributed by atoms with van der Waals surface area (Å²) in [5, 5.41) is 2.82. The second kappa shape index (κ2) is 3.58. The van der Waals surface area contributed by atoms with E-state index in [1.807, 2.05) is 18.2 Å². The van der Waals surface area contributed by atoms with Crippen molar-refractivity contribution < 1.29 is 9.59 Å². The Morgan fingerprint density at radius 3 is 2.41 bits per heavy atom. The van der Waals surface area contributed by atoms with Crippen molar-refractivity contribution in [1.29, 1.82) is 0 Å². The van der Waals surface area contributed by atoms with Gasteiger partial charge in [0.15, 0.2) is 0 Å². The number of rotatable bonds is 1. The molecule has 1 aliphatic carbocycles. The summed E-state index contributed by atoms with van der Waals surface area (Å²) in [6, 6.07) is 8.80. The summed E-state index contributed by atoms with van der Waals surface area (Å²) in [5.41, 5.74) is 0.324. The van der Waals surface area contributed by atoms with Gasteiger partial charge in [-0.05, 0) is 25.0 Å². The molecular weight excluding hydrogens is 216 g/mol. The third-order valence-electron chi connectivity index (χ3n) is 3.76. The topological polar surface area (TPSA) is 49.4 Å². The van der Waals surface area contributed by atoms with Gasteiger partial charge in [0, 0.05) is 6.54 Å². The van der Waals surface area contributed by atoms with Gasteiger partial charge < -0.3 is 5.32 Å². The minimum Gasteiger partial charge on any atom is -0.336 e. The summed E-state index contributed by atoms with van der Waals surface area (Å²) in [5.74, 6) is -0.0429. The lowest BCUT2D eigenvalue weighted by molar-refractivity contribution is -0.132. The number of hydrogen-bond acceptors (Lipinski definition) is 2.